The predicted octanol–water partition coefficient (Wildman–Crippen LogP) is 2.90. The van der Waals surface area contributed by atoms with Gasteiger partial charge >= 0.3 is 5.97 Å². The summed E-state index contributed by atoms with van der Waals surface area (Å²) in [6.07, 6.45) is 4.11. The van der Waals surface area contributed by atoms with Crippen molar-refractivity contribution in [3.8, 4) is 11.5 Å². The summed E-state index contributed by atoms with van der Waals surface area (Å²) in [7, 11) is 0. The molecule has 0 spiro atoms. The van der Waals surface area contributed by atoms with Gasteiger partial charge in [-0.2, -0.15) is 0 Å². The van der Waals surface area contributed by atoms with Crippen LogP contribution in [-0.4, -0.2) is 27.4 Å². The summed E-state index contributed by atoms with van der Waals surface area (Å²) in [6, 6.07) is 3.94. The molecule has 4 rings (SSSR count). The summed E-state index contributed by atoms with van der Waals surface area (Å²) in [5, 5.41) is 8.75. The van der Waals surface area contributed by atoms with Crippen LogP contribution in [0.15, 0.2) is 12.1 Å². The minimum absolute atomic E-state index is 0.220. The molecule has 1 aliphatic carbocycles. The number of carboxylic acids is 1. The van der Waals surface area contributed by atoms with Gasteiger partial charge < -0.3 is 19.1 Å². The molecule has 0 unspecified atom stereocenters. The Balaban J connectivity index is 1.64. The fraction of sp³-hybridized carbons (Fsp3) is 0.500. The number of carbonyl (C=O) groups is 1. The second kappa shape index (κ2) is 5.19. The number of aliphatic carboxylic acids is 1. The molecule has 22 heavy (non-hydrogen) atoms. The van der Waals surface area contributed by atoms with E-state index in [9.17, 15) is 4.79 Å². The van der Waals surface area contributed by atoms with E-state index in [1.165, 1.54) is 12.8 Å². The number of hydrogen-bond donors (Lipinski definition) is 1. The van der Waals surface area contributed by atoms with Crippen LogP contribution >= 0.6 is 0 Å². The van der Waals surface area contributed by atoms with Crippen molar-refractivity contribution >= 4 is 17.0 Å². The number of imidazole rings is 1. The summed E-state index contributed by atoms with van der Waals surface area (Å²) in [5.41, 5.74) is 1.99. The number of unbranched alkanes of at least 4 members (excludes halogenated alkanes) is 1. The lowest BCUT2D eigenvalue weighted by Crippen LogP contribution is -2.04. The van der Waals surface area contributed by atoms with Crippen LogP contribution in [0.3, 0.4) is 0 Å². The van der Waals surface area contributed by atoms with Crippen LogP contribution in [0.4, 0.5) is 0 Å². The van der Waals surface area contributed by atoms with Gasteiger partial charge in [0.15, 0.2) is 11.5 Å². The average Bonchev–Trinajstić information content (AvgIpc) is 3.13. The second-order valence-electron chi connectivity index (χ2n) is 5.94. The van der Waals surface area contributed by atoms with E-state index >= 15 is 0 Å². The normalized spacial score (nSPS) is 16.4. The van der Waals surface area contributed by atoms with E-state index in [0.717, 1.165) is 41.3 Å². The largest absolute Gasteiger partial charge is 0.481 e. The molecule has 0 amide bonds. The Morgan fingerprint density at radius 2 is 2.05 bits per heavy atom. The van der Waals surface area contributed by atoms with Crippen LogP contribution in [0.1, 0.15) is 43.8 Å². The molecule has 1 aliphatic heterocycles. The van der Waals surface area contributed by atoms with Gasteiger partial charge in [-0.1, -0.05) is 0 Å². The highest BCUT2D eigenvalue weighted by Crippen LogP contribution is 2.43. The van der Waals surface area contributed by atoms with Gasteiger partial charge in [0.1, 0.15) is 5.82 Å². The average molecular weight is 302 g/mol. The van der Waals surface area contributed by atoms with E-state index in [1.807, 2.05) is 12.1 Å². The maximum Gasteiger partial charge on any atom is 0.303 e. The lowest BCUT2D eigenvalue weighted by molar-refractivity contribution is -0.137. The summed E-state index contributed by atoms with van der Waals surface area (Å²) in [5.74, 6) is 2.45. The number of fused-ring (bicyclic) bond motifs is 2. The summed E-state index contributed by atoms with van der Waals surface area (Å²) in [6.45, 7) is 1.06. The van der Waals surface area contributed by atoms with Crippen molar-refractivity contribution in [1.82, 2.24) is 9.55 Å². The van der Waals surface area contributed by atoms with E-state index in [4.69, 9.17) is 19.6 Å². The van der Waals surface area contributed by atoms with Gasteiger partial charge in [0, 0.05) is 31.0 Å². The van der Waals surface area contributed by atoms with E-state index in [1.54, 1.807) is 0 Å². The minimum atomic E-state index is -0.735. The number of aryl methyl sites for hydroxylation is 1. The topological polar surface area (TPSA) is 73.6 Å². The molecule has 2 aliphatic rings. The minimum Gasteiger partial charge on any atom is -0.481 e. The Hall–Kier alpha value is -2.24. The second-order valence-corrected chi connectivity index (χ2v) is 5.94. The van der Waals surface area contributed by atoms with Crippen LogP contribution in [0.2, 0.25) is 0 Å². The molecule has 0 radical (unpaired) electrons. The molecule has 116 valence electrons. The number of ether oxygens (including phenoxy) is 2. The van der Waals surface area contributed by atoms with Crippen molar-refractivity contribution in [2.45, 2.75) is 44.6 Å². The molecule has 2 aromatic rings. The van der Waals surface area contributed by atoms with Gasteiger partial charge in [0.25, 0.3) is 0 Å². The van der Waals surface area contributed by atoms with Crippen molar-refractivity contribution in [2.75, 3.05) is 6.79 Å². The maximum absolute atomic E-state index is 10.6. The van der Waals surface area contributed by atoms with Crippen LogP contribution < -0.4 is 9.47 Å². The number of carboxylic acid groups (broad SMARTS) is 1. The van der Waals surface area contributed by atoms with Crippen LogP contribution in [0.5, 0.6) is 11.5 Å². The van der Waals surface area contributed by atoms with E-state index in [0.29, 0.717) is 12.3 Å². The first-order valence-electron chi connectivity index (χ1n) is 7.74. The Morgan fingerprint density at radius 3 is 2.77 bits per heavy atom. The van der Waals surface area contributed by atoms with E-state index in [-0.39, 0.29) is 13.2 Å². The highest BCUT2D eigenvalue weighted by Gasteiger charge is 2.30. The molecule has 1 saturated carbocycles. The van der Waals surface area contributed by atoms with Crippen LogP contribution in [-0.2, 0) is 11.3 Å². The Morgan fingerprint density at radius 1 is 1.27 bits per heavy atom. The molecule has 1 fully saturated rings. The molecule has 1 aromatic carbocycles. The highest BCUT2D eigenvalue weighted by molar-refractivity contribution is 5.81. The Labute approximate surface area is 127 Å². The van der Waals surface area contributed by atoms with Gasteiger partial charge in [-0.3, -0.25) is 4.79 Å². The zero-order chi connectivity index (χ0) is 15.1. The molecular formula is C16H18N2O4. The summed E-state index contributed by atoms with van der Waals surface area (Å²) < 4.78 is 13.1. The molecule has 0 saturated heterocycles. The highest BCUT2D eigenvalue weighted by atomic mass is 16.7. The standard InChI is InChI=1S/C16H18N2O4/c19-15(20)3-1-2-6-18-12-8-14-13(21-9-22-14)7-11(12)17-16(18)10-4-5-10/h7-8,10H,1-6,9H2,(H,19,20). The molecule has 6 nitrogen and oxygen atoms in total. The molecule has 0 bridgehead atoms. The number of hydrogen-bond acceptors (Lipinski definition) is 4. The zero-order valence-corrected chi connectivity index (χ0v) is 12.2. The number of benzene rings is 1. The molecule has 1 N–H and O–H groups in total. The molecule has 2 heterocycles. The third-order valence-electron chi connectivity index (χ3n) is 4.24. The Kier molecular flexibility index (Phi) is 3.17. The van der Waals surface area contributed by atoms with Crippen molar-refractivity contribution in [1.29, 1.82) is 0 Å². The van der Waals surface area contributed by atoms with Gasteiger partial charge in [0.05, 0.1) is 11.0 Å². The summed E-state index contributed by atoms with van der Waals surface area (Å²) >= 11 is 0. The first kappa shape index (κ1) is 13.4. The third-order valence-corrected chi connectivity index (χ3v) is 4.24. The van der Waals surface area contributed by atoms with Gasteiger partial charge in [-0.05, 0) is 25.7 Å². The van der Waals surface area contributed by atoms with Gasteiger partial charge in [-0.15, -0.1) is 0 Å². The monoisotopic (exact) mass is 302 g/mol. The first-order chi connectivity index (χ1) is 10.7. The molecular weight excluding hydrogens is 284 g/mol. The number of rotatable bonds is 6. The molecule has 0 atom stereocenters. The van der Waals surface area contributed by atoms with Crippen LogP contribution in [0.25, 0.3) is 11.0 Å². The number of nitrogens with zero attached hydrogens (tertiary/aromatic N) is 2. The van der Waals surface area contributed by atoms with Gasteiger partial charge in [0.2, 0.25) is 6.79 Å². The number of aromatic nitrogens is 2. The smallest absolute Gasteiger partial charge is 0.303 e. The van der Waals surface area contributed by atoms with Crippen molar-refractivity contribution in [3.63, 3.8) is 0 Å². The quantitative estimate of drug-likeness (QED) is 0.831. The van der Waals surface area contributed by atoms with E-state index < -0.39 is 5.97 Å². The van der Waals surface area contributed by atoms with Gasteiger partial charge in [-0.25, -0.2) is 4.98 Å². The van der Waals surface area contributed by atoms with Crippen molar-refractivity contribution in [3.05, 3.63) is 18.0 Å². The SMILES string of the molecule is O=C(O)CCCCn1c(C2CC2)nc2cc3c(cc21)OCO3. The first-order valence-corrected chi connectivity index (χ1v) is 7.74. The Bertz CT molecular complexity index is 733. The fourth-order valence-corrected chi connectivity index (χ4v) is 2.97. The van der Waals surface area contributed by atoms with Crippen molar-refractivity contribution < 1.29 is 19.4 Å². The lowest BCUT2D eigenvalue weighted by Gasteiger charge is -2.08. The molecule has 1 aromatic heterocycles. The van der Waals surface area contributed by atoms with Crippen molar-refractivity contribution in [2.24, 2.45) is 0 Å². The maximum atomic E-state index is 10.6. The fourth-order valence-electron chi connectivity index (χ4n) is 2.97. The zero-order valence-electron chi connectivity index (χ0n) is 12.2. The van der Waals surface area contributed by atoms with Crippen LogP contribution in [0, 0.1) is 0 Å². The predicted molar refractivity (Wildman–Crippen MR) is 79.3 cm³/mol. The van der Waals surface area contributed by atoms with E-state index in [2.05, 4.69) is 4.57 Å². The molecule has 6 heteroatoms. The summed E-state index contributed by atoms with van der Waals surface area (Å²) in [4.78, 5) is 15.4. The third kappa shape index (κ3) is 2.38. The lowest BCUT2D eigenvalue weighted by atomic mass is 10.2.